The fourth-order valence-electron chi connectivity index (χ4n) is 3.41. The van der Waals surface area contributed by atoms with Crippen LogP contribution < -0.4 is 16.3 Å². The molecule has 3 rings (SSSR count). The highest BCUT2D eigenvalue weighted by molar-refractivity contribution is 7.89. The minimum atomic E-state index is -3.49. The summed E-state index contributed by atoms with van der Waals surface area (Å²) < 4.78 is 33.5. The number of benzene rings is 1. The molecule has 0 spiro atoms. The van der Waals surface area contributed by atoms with Gasteiger partial charge < -0.3 is 15.4 Å². The fourth-order valence-corrected chi connectivity index (χ4v) is 4.90. The molecule has 2 amide bonds. The van der Waals surface area contributed by atoms with Crippen molar-refractivity contribution in [3.63, 3.8) is 0 Å². The number of hydrogen-bond donors (Lipinski definition) is 2. The number of anilines is 1. The average Bonchev–Trinajstić information content (AvgIpc) is 2.69. The van der Waals surface area contributed by atoms with Crippen LogP contribution in [0, 0.1) is 0 Å². The number of amides is 2. The van der Waals surface area contributed by atoms with Gasteiger partial charge in [-0.3, -0.25) is 4.57 Å². The Morgan fingerprint density at radius 2 is 1.97 bits per heavy atom. The Bertz CT molecular complexity index is 1060. The van der Waals surface area contributed by atoms with Gasteiger partial charge in [0.25, 0.3) is 0 Å². The van der Waals surface area contributed by atoms with E-state index >= 15 is 0 Å². The zero-order chi connectivity index (χ0) is 22.4. The number of aromatic nitrogens is 2. The standard InChI is InChI=1S/C20H27N5O5S/c1-15-12-25(13-16(2)30-15)31(28,29)10-8-21-19(26)23-18-6-3-5-17(11-18)14-24-9-4-7-22-20(24)27/h3-7,9,11,15-16H,8,10,12-14H2,1-2H3,(H2,21,23,26). The molecule has 10 nitrogen and oxygen atoms in total. The number of nitrogens with one attached hydrogen (secondary N) is 2. The van der Waals surface area contributed by atoms with Crippen LogP contribution in [0.2, 0.25) is 0 Å². The lowest BCUT2D eigenvalue weighted by atomic mass is 10.2. The summed E-state index contributed by atoms with van der Waals surface area (Å²) in [4.78, 5) is 27.6. The molecule has 11 heteroatoms. The van der Waals surface area contributed by atoms with E-state index < -0.39 is 16.1 Å². The first-order chi connectivity index (χ1) is 14.7. The maximum atomic E-state index is 12.5. The van der Waals surface area contributed by atoms with Gasteiger partial charge in [-0.1, -0.05) is 12.1 Å². The highest BCUT2D eigenvalue weighted by Crippen LogP contribution is 2.15. The SMILES string of the molecule is CC1CN(S(=O)(=O)CCNC(=O)Nc2cccc(Cn3cccnc3=O)c2)CC(C)O1. The molecule has 0 radical (unpaired) electrons. The highest BCUT2D eigenvalue weighted by Gasteiger charge is 2.30. The van der Waals surface area contributed by atoms with Crippen LogP contribution in [0.1, 0.15) is 19.4 Å². The molecule has 1 aliphatic rings. The molecule has 2 aromatic rings. The van der Waals surface area contributed by atoms with Gasteiger partial charge in [0.15, 0.2) is 0 Å². The Kier molecular flexibility index (Phi) is 7.42. The van der Waals surface area contributed by atoms with E-state index in [0.717, 1.165) is 5.56 Å². The first-order valence-corrected chi connectivity index (χ1v) is 11.6. The van der Waals surface area contributed by atoms with Crippen molar-refractivity contribution in [2.75, 3.05) is 30.7 Å². The fraction of sp³-hybridized carbons (Fsp3) is 0.450. The number of carbonyl (C=O) groups excluding carboxylic acids is 1. The van der Waals surface area contributed by atoms with E-state index in [0.29, 0.717) is 25.3 Å². The van der Waals surface area contributed by atoms with Crippen LogP contribution in [-0.2, 0) is 21.3 Å². The molecule has 0 bridgehead atoms. The average molecular weight is 450 g/mol. The van der Waals surface area contributed by atoms with Crippen molar-refractivity contribution >= 4 is 21.7 Å². The molecular weight excluding hydrogens is 422 g/mol. The van der Waals surface area contributed by atoms with Gasteiger partial charge in [0, 0.05) is 37.7 Å². The van der Waals surface area contributed by atoms with E-state index in [1.165, 1.54) is 15.1 Å². The lowest BCUT2D eigenvalue weighted by molar-refractivity contribution is -0.0440. The van der Waals surface area contributed by atoms with E-state index in [1.54, 1.807) is 30.5 Å². The summed E-state index contributed by atoms with van der Waals surface area (Å²) in [6.07, 6.45) is 2.74. The predicted octanol–water partition coefficient (Wildman–Crippen LogP) is 0.852. The van der Waals surface area contributed by atoms with Crippen LogP contribution >= 0.6 is 0 Å². The van der Waals surface area contributed by atoms with Crippen LogP contribution in [-0.4, -0.2) is 65.9 Å². The second-order valence-corrected chi connectivity index (χ2v) is 9.59. The number of nitrogens with zero attached hydrogens (tertiary/aromatic N) is 3. The van der Waals surface area contributed by atoms with E-state index in [4.69, 9.17) is 4.74 Å². The maximum absolute atomic E-state index is 12.5. The molecule has 0 aliphatic carbocycles. The van der Waals surface area contributed by atoms with Gasteiger partial charge in [0.1, 0.15) is 0 Å². The molecule has 1 aromatic carbocycles. The van der Waals surface area contributed by atoms with Crippen LogP contribution in [0.25, 0.3) is 0 Å². The van der Waals surface area contributed by atoms with Crippen LogP contribution in [0.3, 0.4) is 0 Å². The third kappa shape index (κ3) is 6.61. The molecule has 2 heterocycles. The Hall–Kier alpha value is -2.76. The molecule has 168 valence electrons. The molecule has 2 unspecified atom stereocenters. The summed E-state index contributed by atoms with van der Waals surface area (Å²) in [5.74, 6) is -0.191. The minimum absolute atomic E-state index is 0.0148. The molecule has 1 saturated heterocycles. The van der Waals surface area contributed by atoms with Crippen molar-refractivity contribution in [2.45, 2.75) is 32.6 Å². The van der Waals surface area contributed by atoms with E-state index in [2.05, 4.69) is 15.6 Å². The number of carbonyl (C=O) groups is 1. The summed E-state index contributed by atoms with van der Waals surface area (Å²) >= 11 is 0. The molecule has 31 heavy (non-hydrogen) atoms. The van der Waals surface area contributed by atoms with Gasteiger partial charge in [-0.05, 0) is 37.6 Å². The van der Waals surface area contributed by atoms with Crippen molar-refractivity contribution < 1.29 is 17.9 Å². The summed E-state index contributed by atoms with van der Waals surface area (Å²) in [6.45, 7) is 4.60. The topological polar surface area (TPSA) is 123 Å². The van der Waals surface area contributed by atoms with Crippen molar-refractivity contribution in [3.8, 4) is 0 Å². The summed E-state index contributed by atoms with van der Waals surface area (Å²) in [5, 5.41) is 5.26. The van der Waals surface area contributed by atoms with Gasteiger partial charge in [-0.15, -0.1) is 0 Å². The largest absolute Gasteiger partial charge is 0.373 e. The lowest BCUT2D eigenvalue weighted by Gasteiger charge is -2.34. The third-order valence-corrected chi connectivity index (χ3v) is 6.55. The second kappa shape index (κ2) is 10.0. The molecule has 0 saturated carbocycles. The van der Waals surface area contributed by atoms with Gasteiger partial charge in [0.05, 0.1) is 24.5 Å². The molecular formula is C20H27N5O5S. The lowest BCUT2D eigenvalue weighted by Crippen LogP contribution is -2.49. The monoisotopic (exact) mass is 449 g/mol. The van der Waals surface area contributed by atoms with Crippen LogP contribution in [0.4, 0.5) is 10.5 Å². The molecule has 1 fully saturated rings. The maximum Gasteiger partial charge on any atom is 0.347 e. The van der Waals surface area contributed by atoms with Crippen molar-refractivity contribution in [1.82, 2.24) is 19.2 Å². The summed E-state index contributed by atoms with van der Waals surface area (Å²) in [7, 11) is -3.49. The first-order valence-electron chi connectivity index (χ1n) is 10.0. The predicted molar refractivity (Wildman–Crippen MR) is 116 cm³/mol. The van der Waals surface area contributed by atoms with E-state index in [9.17, 15) is 18.0 Å². The Morgan fingerprint density at radius 1 is 1.23 bits per heavy atom. The molecule has 2 N–H and O–H groups in total. The van der Waals surface area contributed by atoms with Gasteiger partial charge in [-0.2, -0.15) is 4.31 Å². The number of morpholine rings is 1. The number of sulfonamides is 1. The number of ether oxygens (including phenoxy) is 1. The van der Waals surface area contributed by atoms with Gasteiger partial charge >= 0.3 is 11.7 Å². The quantitative estimate of drug-likeness (QED) is 0.646. The first kappa shape index (κ1) is 22.9. The third-order valence-electron chi connectivity index (χ3n) is 4.75. The zero-order valence-electron chi connectivity index (χ0n) is 17.5. The number of rotatable bonds is 7. The Morgan fingerprint density at radius 3 is 2.68 bits per heavy atom. The summed E-state index contributed by atoms with van der Waals surface area (Å²) in [5.41, 5.74) is 0.987. The smallest absolute Gasteiger partial charge is 0.347 e. The van der Waals surface area contributed by atoms with Crippen molar-refractivity contribution in [2.24, 2.45) is 0 Å². The van der Waals surface area contributed by atoms with E-state index in [1.807, 2.05) is 19.9 Å². The minimum Gasteiger partial charge on any atom is -0.373 e. The van der Waals surface area contributed by atoms with Gasteiger partial charge in [-0.25, -0.2) is 23.0 Å². The van der Waals surface area contributed by atoms with E-state index in [-0.39, 0.29) is 30.2 Å². The molecule has 1 aliphatic heterocycles. The normalized spacial score (nSPS) is 19.7. The zero-order valence-corrected chi connectivity index (χ0v) is 18.3. The Labute approximate surface area is 181 Å². The highest BCUT2D eigenvalue weighted by atomic mass is 32.2. The van der Waals surface area contributed by atoms with Crippen molar-refractivity contribution in [3.05, 3.63) is 58.8 Å². The Balaban J connectivity index is 1.51. The summed E-state index contributed by atoms with van der Waals surface area (Å²) in [6, 6.07) is 8.21. The van der Waals surface area contributed by atoms with Crippen LogP contribution in [0.15, 0.2) is 47.5 Å². The number of hydrogen-bond acceptors (Lipinski definition) is 6. The van der Waals surface area contributed by atoms with Crippen molar-refractivity contribution in [1.29, 1.82) is 0 Å². The van der Waals surface area contributed by atoms with Gasteiger partial charge in [0.2, 0.25) is 10.0 Å². The second-order valence-electron chi connectivity index (χ2n) is 7.50. The van der Waals surface area contributed by atoms with Crippen LogP contribution in [0.5, 0.6) is 0 Å². The molecule has 1 aromatic heterocycles. The molecule has 2 atom stereocenters. The number of urea groups is 1.